The van der Waals surface area contributed by atoms with Gasteiger partial charge in [-0.2, -0.15) is 0 Å². The number of halogens is 4. The van der Waals surface area contributed by atoms with E-state index in [2.05, 4.69) is 5.16 Å². The molecule has 0 N–H and O–H groups in total. The molecule has 0 heterocycles. The van der Waals surface area contributed by atoms with Crippen molar-refractivity contribution in [2.45, 2.75) is 19.8 Å². The Kier molecular flexibility index (Phi) is 11.8. The normalized spacial score (nSPS) is 10.7. The molecular weight excluding hydrogens is 484 g/mol. The highest BCUT2D eigenvalue weighted by Gasteiger charge is 2.10. The Balaban J connectivity index is 1.73. The fraction of sp³-hybridized carbons (Fsp3) is 0.318. The van der Waals surface area contributed by atoms with Crippen LogP contribution in [0.2, 0.25) is 10.0 Å². The Hall–Kier alpha value is -1.79. The van der Waals surface area contributed by atoms with E-state index in [9.17, 15) is 0 Å². The summed E-state index contributed by atoms with van der Waals surface area (Å²) < 4.78 is 17.1. The van der Waals surface area contributed by atoms with Gasteiger partial charge in [-0.25, -0.2) is 0 Å². The van der Waals surface area contributed by atoms with E-state index in [1.165, 1.54) is 6.08 Å². The first-order valence-electron chi connectivity index (χ1n) is 9.63. The molecule has 9 heteroatoms. The molecule has 0 radical (unpaired) electrons. The van der Waals surface area contributed by atoms with Crippen molar-refractivity contribution in [2.24, 2.45) is 5.16 Å². The number of rotatable bonds is 13. The second-order valence-electron chi connectivity index (χ2n) is 6.15. The van der Waals surface area contributed by atoms with E-state index in [1.54, 1.807) is 18.3 Å². The summed E-state index contributed by atoms with van der Waals surface area (Å²) >= 11 is 23.6. The average molecular weight is 507 g/mol. The maximum atomic E-state index is 6.26. The van der Waals surface area contributed by atoms with Gasteiger partial charge >= 0.3 is 0 Å². The van der Waals surface area contributed by atoms with Gasteiger partial charge in [0.25, 0.3) is 0 Å². The first kappa shape index (κ1) is 25.5. The lowest BCUT2D eigenvalue weighted by Crippen LogP contribution is -2.03. The third-order valence-corrected chi connectivity index (χ3v) is 4.65. The van der Waals surface area contributed by atoms with Gasteiger partial charge in [0.05, 0.1) is 29.5 Å². The smallest absolute Gasteiger partial charge is 0.156 e. The molecule has 0 saturated heterocycles. The van der Waals surface area contributed by atoms with Crippen molar-refractivity contribution in [1.29, 1.82) is 0 Å². The van der Waals surface area contributed by atoms with E-state index in [1.807, 2.05) is 31.2 Å². The van der Waals surface area contributed by atoms with E-state index >= 15 is 0 Å². The lowest BCUT2D eigenvalue weighted by Gasteiger charge is -2.12. The van der Waals surface area contributed by atoms with Crippen LogP contribution in [-0.2, 0) is 4.84 Å². The van der Waals surface area contributed by atoms with Crippen molar-refractivity contribution >= 4 is 52.6 Å². The van der Waals surface area contributed by atoms with E-state index in [4.69, 9.17) is 65.5 Å². The molecule has 0 atom stereocenters. The molecule has 2 rings (SSSR count). The fourth-order valence-electron chi connectivity index (χ4n) is 2.38. The predicted octanol–water partition coefficient (Wildman–Crippen LogP) is 7.30. The van der Waals surface area contributed by atoms with Gasteiger partial charge in [-0.05, 0) is 43.5 Å². The van der Waals surface area contributed by atoms with Crippen LogP contribution >= 0.6 is 46.4 Å². The van der Waals surface area contributed by atoms with Crippen LogP contribution in [0.15, 0.2) is 52.1 Å². The number of benzene rings is 2. The zero-order valence-electron chi connectivity index (χ0n) is 17.0. The van der Waals surface area contributed by atoms with Crippen molar-refractivity contribution in [3.63, 3.8) is 0 Å². The van der Waals surface area contributed by atoms with Gasteiger partial charge in [-0.1, -0.05) is 63.7 Å². The Morgan fingerprint density at radius 1 is 0.935 bits per heavy atom. The Labute approximate surface area is 202 Å². The summed E-state index contributed by atoms with van der Waals surface area (Å²) in [6.45, 7) is 3.63. The lowest BCUT2D eigenvalue weighted by molar-refractivity contribution is 0.160. The van der Waals surface area contributed by atoms with E-state index < -0.39 is 0 Å². The maximum Gasteiger partial charge on any atom is 0.156 e. The van der Waals surface area contributed by atoms with Crippen LogP contribution < -0.4 is 14.2 Å². The van der Waals surface area contributed by atoms with Gasteiger partial charge in [0.2, 0.25) is 0 Å². The van der Waals surface area contributed by atoms with Gasteiger partial charge in [0, 0.05) is 12.1 Å². The fourth-order valence-corrected chi connectivity index (χ4v) is 3.09. The van der Waals surface area contributed by atoms with Crippen LogP contribution in [-0.4, -0.2) is 32.6 Å². The molecule has 0 aliphatic heterocycles. The topological polar surface area (TPSA) is 49.3 Å². The maximum absolute atomic E-state index is 6.26. The minimum absolute atomic E-state index is 0.129. The number of hydrogen-bond donors (Lipinski definition) is 0. The molecule has 0 aliphatic rings. The summed E-state index contributed by atoms with van der Waals surface area (Å²) in [7, 11) is 0. The zero-order valence-corrected chi connectivity index (χ0v) is 20.0. The minimum Gasteiger partial charge on any atom is -0.494 e. The molecule has 0 unspecified atom stereocenters. The van der Waals surface area contributed by atoms with Crippen LogP contribution in [0.3, 0.4) is 0 Å². The third kappa shape index (κ3) is 9.92. The molecule has 31 heavy (non-hydrogen) atoms. The molecule has 0 aromatic heterocycles. The highest BCUT2D eigenvalue weighted by molar-refractivity contribution is 6.55. The van der Waals surface area contributed by atoms with Crippen LogP contribution in [0.5, 0.6) is 17.2 Å². The second kappa shape index (κ2) is 14.3. The first-order chi connectivity index (χ1) is 15.0. The molecule has 0 bridgehead atoms. The summed E-state index contributed by atoms with van der Waals surface area (Å²) in [5.41, 5.74) is 0.910. The Morgan fingerprint density at radius 2 is 1.65 bits per heavy atom. The number of hydrogen-bond acceptors (Lipinski definition) is 5. The number of unbranched alkanes of at least 4 members (excludes halogenated alkanes) is 1. The Morgan fingerprint density at radius 3 is 2.32 bits per heavy atom. The molecule has 0 fully saturated rings. The molecule has 168 valence electrons. The summed E-state index contributed by atoms with van der Waals surface area (Å²) in [5.74, 6) is 1.69. The van der Waals surface area contributed by atoms with Crippen LogP contribution in [0.1, 0.15) is 25.3 Å². The summed E-state index contributed by atoms with van der Waals surface area (Å²) in [5, 5.41) is 4.58. The highest BCUT2D eigenvalue weighted by atomic mass is 35.5. The molecule has 5 nitrogen and oxygen atoms in total. The van der Waals surface area contributed by atoms with Gasteiger partial charge in [0.1, 0.15) is 29.2 Å². The SMILES string of the molecule is CCON=Cc1cccc(OCCCCOc2c(Cl)cc(OCC=C(Cl)Cl)cc2Cl)c1. The molecule has 0 spiro atoms. The van der Waals surface area contributed by atoms with Crippen LogP contribution in [0.4, 0.5) is 0 Å². The van der Waals surface area contributed by atoms with Crippen molar-refractivity contribution in [3.8, 4) is 17.2 Å². The summed E-state index contributed by atoms with van der Waals surface area (Å²) in [6.07, 6.45) is 4.74. The van der Waals surface area contributed by atoms with Gasteiger partial charge < -0.3 is 19.0 Å². The molecule has 2 aromatic carbocycles. The number of nitrogens with zero attached hydrogens (tertiary/aromatic N) is 1. The van der Waals surface area contributed by atoms with Crippen molar-refractivity contribution in [1.82, 2.24) is 0 Å². The first-order valence-corrected chi connectivity index (χ1v) is 11.1. The Bertz CT molecular complexity index is 863. The molecular formula is C22H23Cl4NO4. The predicted molar refractivity (Wildman–Crippen MR) is 128 cm³/mol. The number of ether oxygens (including phenoxy) is 3. The molecule has 0 saturated carbocycles. The summed E-state index contributed by atoms with van der Waals surface area (Å²) in [4.78, 5) is 4.97. The standard InChI is InChI=1S/C22H23Cl4NO4/c1-2-31-27-15-16-6-5-7-17(12-16)28-9-3-4-10-30-22-19(23)13-18(14-20(22)24)29-11-8-21(25)26/h5-8,12-15H,2-4,9-11H2,1H3. The average Bonchev–Trinajstić information content (AvgIpc) is 2.72. The second-order valence-corrected chi connectivity index (χ2v) is 7.97. The zero-order chi connectivity index (χ0) is 22.5. The largest absolute Gasteiger partial charge is 0.494 e. The number of oxime groups is 1. The van der Waals surface area contributed by atoms with Crippen molar-refractivity contribution in [3.05, 3.63) is 62.6 Å². The highest BCUT2D eigenvalue weighted by Crippen LogP contribution is 2.37. The molecule has 0 aliphatic carbocycles. The van der Waals surface area contributed by atoms with E-state index in [0.717, 1.165) is 24.2 Å². The van der Waals surface area contributed by atoms with Crippen LogP contribution in [0, 0.1) is 0 Å². The molecule has 0 amide bonds. The van der Waals surface area contributed by atoms with Gasteiger partial charge in [-0.15, -0.1) is 0 Å². The molecule has 2 aromatic rings. The van der Waals surface area contributed by atoms with E-state index in [0.29, 0.717) is 41.4 Å². The summed E-state index contributed by atoms with van der Waals surface area (Å²) in [6, 6.07) is 10.9. The van der Waals surface area contributed by atoms with Crippen molar-refractivity contribution < 1.29 is 19.0 Å². The van der Waals surface area contributed by atoms with Gasteiger partial charge in [-0.3, -0.25) is 0 Å². The third-order valence-electron chi connectivity index (χ3n) is 3.78. The van der Waals surface area contributed by atoms with E-state index in [-0.39, 0.29) is 11.1 Å². The van der Waals surface area contributed by atoms with Crippen molar-refractivity contribution in [2.75, 3.05) is 26.4 Å². The monoisotopic (exact) mass is 505 g/mol. The van der Waals surface area contributed by atoms with Crippen LogP contribution in [0.25, 0.3) is 0 Å². The van der Waals surface area contributed by atoms with Gasteiger partial charge in [0.15, 0.2) is 5.75 Å². The minimum atomic E-state index is 0.129. The lowest BCUT2D eigenvalue weighted by atomic mass is 10.2. The quantitative estimate of drug-likeness (QED) is 0.162.